The van der Waals surface area contributed by atoms with Crippen molar-refractivity contribution in [3.8, 4) is 11.3 Å². The van der Waals surface area contributed by atoms with E-state index in [0.717, 1.165) is 5.92 Å². The van der Waals surface area contributed by atoms with E-state index in [-0.39, 0.29) is 0 Å². The molecule has 82 valence electrons. The van der Waals surface area contributed by atoms with Gasteiger partial charge in [-0.25, -0.2) is 4.98 Å². The van der Waals surface area contributed by atoms with E-state index in [1.54, 1.807) is 0 Å². The quantitative estimate of drug-likeness (QED) is 0.744. The zero-order valence-electron chi connectivity index (χ0n) is 9.50. The summed E-state index contributed by atoms with van der Waals surface area (Å²) in [6, 6.07) is 11.2. The Morgan fingerprint density at radius 1 is 1.19 bits per heavy atom. The SMILES string of the molecule is CC1CC(n2cncc2-c2ccccc2)C1. The van der Waals surface area contributed by atoms with E-state index in [4.69, 9.17) is 0 Å². The van der Waals surface area contributed by atoms with Gasteiger partial charge in [-0.2, -0.15) is 0 Å². The maximum absolute atomic E-state index is 4.29. The van der Waals surface area contributed by atoms with Gasteiger partial charge in [-0.3, -0.25) is 0 Å². The van der Waals surface area contributed by atoms with Crippen LogP contribution in [0.3, 0.4) is 0 Å². The zero-order chi connectivity index (χ0) is 11.0. The summed E-state index contributed by atoms with van der Waals surface area (Å²) in [5, 5.41) is 0. The van der Waals surface area contributed by atoms with E-state index in [2.05, 4.69) is 46.8 Å². The van der Waals surface area contributed by atoms with Crippen molar-refractivity contribution in [2.24, 2.45) is 5.92 Å². The number of imidazole rings is 1. The monoisotopic (exact) mass is 212 g/mol. The largest absolute Gasteiger partial charge is 0.327 e. The molecule has 1 aliphatic carbocycles. The minimum absolute atomic E-state index is 0.660. The summed E-state index contributed by atoms with van der Waals surface area (Å²) in [6.45, 7) is 2.32. The lowest BCUT2D eigenvalue weighted by Gasteiger charge is -2.34. The van der Waals surface area contributed by atoms with Gasteiger partial charge in [0.25, 0.3) is 0 Å². The third-order valence-corrected chi connectivity index (χ3v) is 3.48. The molecule has 0 unspecified atom stereocenters. The highest BCUT2D eigenvalue weighted by molar-refractivity contribution is 5.58. The van der Waals surface area contributed by atoms with Crippen molar-refractivity contribution in [1.29, 1.82) is 0 Å². The fourth-order valence-corrected chi connectivity index (χ4v) is 2.52. The second kappa shape index (κ2) is 3.78. The molecule has 0 spiro atoms. The Kier molecular flexibility index (Phi) is 2.28. The van der Waals surface area contributed by atoms with Crippen LogP contribution < -0.4 is 0 Å². The maximum atomic E-state index is 4.29. The van der Waals surface area contributed by atoms with Crippen LogP contribution in [-0.2, 0) is 0 Å². The summed E-state index contributed by atoms with van der Waals surface area (Å²) in [5.74, 6) is 0.871. The average Bonchev–Trinajstić information content (AvgIpc) is 2.74. The van der Waals surface area contributed by atoms with Gasteiger partial charge in [0.15, 0.2) is 0 Å². The number of hydrogen-bond donors (Lipinski definition) is 0. The first-order valence-electron chi connectivity index (χ1n) is 5.92. The maximum Gasteiger partial charge on any atom is 0.0953 e. The highest BCUT2D eigenvalue weighted by Gasteiger charge is 2.28. The Morgan fingerprint density at radius 3 is 2.62 bits per heavy atom. The van der Waals surface area contributed by atoms with E-state index in [9.17, 15) is 0 Å². The molecule has 2 heteroatoms. The molecule has 1 fully saturated rings. The van der Waals surface area contributed by atoms with Gasteiger partial charge < -0.3 is 4.57 Å². The first-order valence-corrected chi connectivity index (χ1v) is 5.92. The molecule has 0 amide bonds. The normalized spacial score (nSPS) is 24.1. The summed E-state index contributed by atoms with van der Waals surface area (Å²) in [7, 11) is 0. The Bertz CT molecular complexity index is 466. The van der Waals surface area contributed by atoms with Crippen LogP contribution >= 0.6 is 0 Å². The molecule has 16 heavy (non-hydrogen) atoms. The van der Waals surface area contributed by atoms with Crippen LogP contribution in [0.1, 0.15) is 25.8 Å². The number of hydrogen-bond acceptors (Lipinski definition) is 1. The standard InChI is InChI=1S/C14H16N2/c1-11-7-13(8-11)16-10-15-9-14(16)12-5-3-2-4-6-12/h2-6,9-11,13H,7-8H2,1H3. The molecule has 3 rings (SSSR count). The Labute approximate surface area is 95.9 Å². The lowest BCUT2D eigenvalue weighted by atomic mass is 9.81. The Balaban J connectivity index is 1.94. The Hall–Kier alpha value is -1.57. The molecule has 1 aromatic carbocycles. The molecule has 0 radical (unpaired) electrons. The molecule has 0 bridgehead atoms. The highest BCUT2D eigenvalue weighted by Crippen LogP contribution is 2.39. The van der Waals surface area contributed by atoms with Crippen molar-refractivity contribution < 1.29 is 0 Å². The second-order valence-electron chi connectivity index (χ2n) is 4.78. The van der Waals surface area contributed by atoms with Gasteiger partial charge in [0.2, 0.25) is 0 Å². The predicted octanol–water partition coefficient (Wildman–Crippen LogP) is 3.52. The van der Waals surface area contributed by atoms with Crippen LogP contribution in [0.5, 0.6) is 0 Å². The fraction of sp³-hybridized carbons (Fsp3) is 0.357. The van der Waals surface area contributed by atoms with Gasteiger partial charge in [0.05, 0.1) is 18.2 Å². The van der Waals surface area contributed by atoms with Crippen LogP contribution in [-0.4, -0.2) is 9.55 Å². The first kappa shape index (κ1) is 9.64. The van der Waals surface area contributed by atoms with Gasteiger partial charge in [0, 0.05) is 6.04 Å². The van der Waals surface area contributed by atoms with Gasteiger partial charge in [-0.05, 0) is 24.3 Å². The van der Waals surface area contributed by atoms with Gasteiger partial charge in [-0.15, -0.1) is 0 Å². The summed E-state index contributed by atoms with van der Waals surface area (Å²) in [4.78, 5) is 4.29. The lowest BCUT2D eigenvalue weighted by molar-refractivity contribution is 0.217. The van der Waals surface area contributed by atoms with E-state index < -0.39 is 0 Å². The zero-order valence-corrected chi connectivity index (χ0v) is 9.50. The van der Waals surface area contributed by atoms with E-state index in [1.165, 1.54) is 24.1 Å². The smallest absolute Gasteiger partial charge is 0.0953 e. The number of rotatable bonds is 2. The van der Waals surface area contributed by atoms with Crippen molar-refractivity contribution in [3.05, 3.63) is 42.9 Å². The molecule has 0 aliphatic heterocycles. The molecule has 0 N–H and O–H groups in total. The molecule has 2 aromatic rings. The van der Waals surface area contributed by atoms with E-state index in [0.29, 0.717) is 6.04 Å². The number of aromatic nitrogens is 2. The van der Waals surface area contributed by atoms with E-state index >= 15 is 0 Å². The van der Waals surface area contributed by atoms with Gasteiger partial charge in [0.1, 0.15) is 0 Å². The number of nitrogens with zero attached hydrogens (tertiary/aromatic N) is 2. The molecular weight excluding hydrogens is 196 g/mol. The van der Waals surface area contributed by atoms with Crippen LogP contribution in [0, 0.1) is 5.92 Å². The topological polar surface area (TPSA) is 17.8 Å². The molecule has 2 nitrogen and oxygen atoms in total. The van der Waals surface area contributed by atoms with Gasteiger partial charge >= 0.3 is 0 Å². The number of benzene rings is 1. The average molecular weight is 212 g/mol. The summed E-state index contributed by atoms with van der Waals surface area (Å²) < 4.78 is 2.33. The molecule has 1 aliphatic rings. The van der Waals surface area contributed by atoms with Crippen molar-refractivity contribution in [2.45, 2.75) is 25.8 Å². The molecular formula is C14H16N2. The Morgan fingerprint density at radius 2 is 1.94 bits per heavy atom. The van der Waals surface area contributed by atoms with Crippen LogP contribution in [0.4, 0.5) is 0 Å². The third-order valence-electron chi connectivity index (χ3n) is 3.48. The lowest BCUT2D eigenvalue weighted by Crippen LogP contribution is -2.24. The minimum Gasteiger partial charge on any atom is -0.327 e. The van der Waals surface area contributed by atoms with Crippen LogP contribution in [0.25, 0.3) is 11.3 Å². The molecule has 0 saturated heterocycles. The second-order valence-corrected chi connectivity index (χ2v) is 4.78. The molecule has 1 heterocycles. The highest BCUT2D eigenvalue weighted by atomic mass is 15.1. The van der Waals surface area contributed by atoms with Gasteiger partial charge in [-0.1, -0.05) is 37.3 Å². The van der Waals surface area contributed by atoms with Crippen molar-refractivity contribution >= 4 is 0 Å². The summed E-state index contributed by atoms with van der Waals surface area (Å²) in [6.07, 6.45) is 6.52. The van der Waals surface area contributed by atoms with Crippen LogP contribution in [0.2, 0.25) is 0 Å². The van der Waals surface area contributed by atoms with Crippen LogP contribution in [0.15, 0.2) is 42.9 Å². The van der Waals surface area contributed by atoms with Crippen molar-refractivity contribution in [2.75, 3.05) is 0 Å². The minimum atomic E-state index is 0.660. The first-order chi connectivity index (χ1) is 7.84. The van der Waals surface area contributed by atoms with E-state index in [1.807, 2.05) is 12.5 Å². The molecule has 0 atom stereocenters. The summed E-state index contributed by atoms with van der Waals surface area (Å²) in [5.41, 5.74) is 2.51. The fourth-order valence-electron chi connectivity index (χ4n) is 2.52. The summed E-state index contributed by atoms with van der Waals surface area (Å²) >= 11 is 0. The van der Waals surface area contributed by atoms with Crippen molar-refractivity contribution in [3.63, 3.8) is 0 Å². The predicted molar refractivity (Wildman–Crippen MR) is 65.1 cm³/mol. The van der Waals surface area contributed by atoms with Crippen molar-refractivity contribution in [1.82, 2.24) is 9.55 Å². The molecule has 1 aromatic heterocycles. The third kappa shape index (κ3) is 1.54. The molecule has 1 saturated carbocycles.